The largest absolute Gasteiger partial charge is 0.472 e. The van der Waals surface area contributed by atoms with Crippen molar-refractivity contribution < 1.29 is 80.2 Å². The average Bonchev–Trinajstić information content (AvgIpc) is 1.53. The van der Waals surface area contributed by atoms with Gasteiger partial charge in [0.25, 0.3) is 0 Å². The molecule has 0 amide bonds. The molecule has 0 rings (SSSR count). The molecule has 92 heavy (non-hydrogen) atoms. The molecule has 0 spiro atoms. The van der Waals surface area contributed by atoms with Gasteiger partial charge in [0, 0.05) is 25.7 Å². The molecule has 17 nitrogen and oxygen atoms in total. The van der Waals surface area contributed by atoms with Gasteiger partial charge in [0.1, 0.15) is 19.3 Å². The summed E-state index contributed by atoms with van der Waals surface area (Å²) in [6.07, 6.45) is 48.7. The lowest BCUT2D eigenvalue weighted by molar-refractivity contribution is -0.161. The Morgan fingerprint density at radius 3 is 0.826 bits per heavy atom. The lowest BCUT2D eigenvalue weighted by Crippen LogP contribution is -2.30. The van der Waals surface area contributed by atoms with Crippen molar-refractivity contribution >= 4 is 39.5 Å². The van der Waals surface area contributed by atoms with E-state index in [2.05, 4.69) is 48.5 Å². The van der Waals surface area contributed by atoms with Gasteiger partial charge in [-0.2, -0.15) is 0 Å². The SMILES string of the molecule is CCCCCCCCCC(=O)OC[C@H](COP(=O)(O)OC[C@H](O)COP(=O)(O)OC[C@@H](COC(=O)CCCCCCCCCCCCCCCC(C)C)OC(=O)CCCCCCCCCCCCCCCCC(C)CC)OC(=O)CCCCCCCCCCC(C)C. The zero-order valence-corrected chi connectivity index (χ0v) is 61.8. The first-order valence-electron chi connectivity index (χ1n) is 37.9. The third-order valence-electron chi connectivity index (χ3n) is 17.2. The maximum Gasteiger partial charge on any atom is 0.472 e. The van der Waals surface area contributed by atoms with E-state index in [4.69, 9.17) is 37.0 Å². The van der Waals surface area contributed by atoms with Crippen LogP contribution >= 0.6 is 15.6 Å². The second-order valence-corrected chi connectivity index (χ2v) is 30.4. The highest BCUT2D eigenvalue weighted by molar-refractivity contribution is 7.47. The van der Waals surface area contributed by atoms with E-state index in [1.807, 2.05) is 0 Å². The van der Waals surface area contributed by atoms with E-state index in [0.717, 1.165) is 120 Å². The Morgan fingerprint density at radius 2 is 0.554 bits per heavy atom. The summed E-state index contributed by atoms with van der Waals surface area (Å²) in [6.45, 7) is 11.9. The van der Waals surface area contributed by atoms with Crippen LogP contribution in [0.3, 0.4) is 0 Å². The van der Waals surface area contributed by atoms with Gasteiger partial charge in [0.15, 0.2) is 12.2 Å². The van der Waals surface area contributed by atoms with Crippen LogP contribution in [0.4, 0.5) is 0 Å². The van der Waals surface area contributed by atoms with Crippen LogP contribution in [0.25, 0.3) is 0 Å². The third-order valence-corrected chi connectivity index (χ3v) is 19.1. The lowest BCUT2D eigenvalue weighted by Gasteiger charge is -2.21. The standard InChI is InChI=1S/C73H142O17P2/c1-8-10-11-12-30-40-47-54-70(75)83-60-68(90-73(78)57-50-43-36-29-28-32-38-45-52-65(5)6)62-87-91(79,80)85-58-67(74)59-86-92(81,82)88-63-69(61-84-71(76)55-48-41-34-26-22-19-15-16-20-24-31-37-44-51-64(3)4)89-72(77)56-49-42-35-27-23-18-14-13-17-21-25-33-39-46-53-66(7)9-2/h64-69,74H,8-63H2,1-7H3,(H,79,80)(H,81,82)/t66?,67-,68+,69+/m0/s1. The topological polar surface area (TPSA) is 237 Å². The molecule has 0 aliphatic rings. The van der Waals surface area contributed by atoms with E-state index in [9.17, 15) is 43.2 Å². The number of phosphoric acid groups is 2. The molecule has 0 saturated heterocycles. The molecule has 3 N–H and O–H groups in total. The number of aliphatic hydroxyl groups excluding tert-OH is 1. The van der Waals surface area contributed by atoms with Gasteiger partial charge in [-0.05, 0) is 43.4 Å². The van der Waals surface area contributed by atoms with Crippen molar-refractivity contribution in [2.75, 3.05) is 39.6 Å². The molecule has 0 bridgehead atoms. The van der Waals surface area contributed by atoms with Gasteiger partial charge in [0.2, 0.25) is 0 Å². The van der Waals surface area contributed by atoms with Crippen molar-refractivity contribution in [3.8, 4) is 0 Å². The molecule has 0 radical (unpaired) electrons. The minimum absolute atomic E-state index is 0.104. The fraction of sp³-hybridized carbons (Fsp3) is 0.945. The zero-order valence-electron chi connectivity index (χ0n) is 60.0. The van der Waals surface area contributed by atoms with Crippen LogP contribution in [0, 0.1) is 17.8 Å². The lowest BCUT2D eigenvalue weighted by atomic mass is 9.99. The van der Waals surface area contributed by atoms with Gasteiger partial charge >= 0.3 is 39.5 Å². The van der Waals surface area contributed by atoms with Crippen molar-refractivity contribution in [1.82, 2.24) is 0 Å². The van der Waals surface area contributed by atoms with Crippen molar-refractivity contribution in [2.24, 2.45) is 17.8 Å². The number of aliphatic hydroxyl groups is 1. The normalized spacial score (nSPS) is 14.4. The fourth-order valence-electron chi connectivity index (χ4n) is 11.0. The average molecular weight is 1350 g/mol. The summed E-state index contributed by atoms with van der Waals surface area (Å²) in [4.78, 5) is 72.5. The molecule has 0 aromatic carbocycles. The van der Waals surface area contributed by atoms with Gasteiger partial charge in [-0.1, -0.05) is 318 Å². The first-order valence-corrected chi connectivity index (χ1v) is 40.9. The minimum Gasteiger partial charge on any atom is -0.462 e. The third kappa shape index (κ3) is 65.4. The molecule has 3 unspecified atom stereocenters. The number of esters is 4. The second-order valence-electron chi connectivity index (χ2n) is 27.5. The Balaban J connectivity index is 5.20. The predicted octanol–water partition coefficient (Wildman–Crippen LogP) is 21.0. The number of unbranched alkanes of at least 4 members (excludes halogenated alkanes) is 38. The van der Waals surface area contributed by atoms with Gasteiger partial charge in [0.05, 0.1) is 26.4 Å². The van der Waals surface area contributed by atoms with E-state index < -0.39 is 97.5 Å². The van der Waals surface area contributed by atoms with Crippen molar-refractivity contribution in [2.45, 2.75) is 388 Å². The molecule has 0 aromatic rings. The summed E-state index contributed by atoms with van der Waals surface area (Å²) in [5, 5.41) is 10.6. The Morgan fingerprint density at radius 1 is 0.315 bits per heavy atom. The smallest absolute Gasteiger partial charge is 0.462 e. The number of carbonyl (C=O) groups is 4. The van der Waals surface area contributed by atoms with E-state index in [0.29, 0.717) is 25.7 Å². The highest BCUT2D eigenvalue weighted by Gasteiger charge is 2.30. The zero-order chi connectivity index (χ0) is 68.0. The van der Waals surface area contributed by atoms with Crippen molar-refractivity contribution in [3.05, 3.63) is 0 Å². The van der Waals surface area contributed by atoms with Crippen molar-refractivity contribution in [1.29, 1.82) is 0 Å². The molecule has 0 fully saturated rings. The molecule has 0 heterocycles. The molecule has 0 aliphatic carbocycles. The molecule has 6 atom stereocenters. The number of ether oxygens (including phenoxy) is 4. The number of rotatable bonds is 71. The van der Waals surface area contributed by atoms with Gasteiger partial charge < -0.3 is 33.8 Å². The number of carbonyl (C=O) groups excluding carboxylic acids is 4. The van der Waals surface area contributed by atoms with E-state index in [-0.39, 0.29) is 25.7 Å². The summed E-state index contributed by atoms with van der Waals surface area (Å²) >= 11 is 0. The first kappa shape index (κ1) is 90.1. The quantitative estimate of drug-likeness (QED) is 0.0222. The summed E-state index contributed by atoms with van der Waals surface area (Å²) in [7, 11) is -9.90. The van der Waals surface area contributed by atoms with Crippen LogP contribution < -0.4 is 0 Å². The number of hydrogen-bond acceptors (Lipinski definition) is 15. The summed E-state index contributed by atoms with van der Waals surface area (Å²) in [5.74, 6) is 0.228. The summed E-state index contributed by atoms with van der Waals surface area (Å²) in [6, 6.07) is 0. The van der Waals surface area contributed by atoms with E-state index in [1.54, 1.807) is 0 Å². The highest BCUT2D eigenvalue weighted by Crippen LogP contribution is 2.45. The Hall–Kier alpha value is -1.94. The van der Waals surface area contributed by atoms with Crippen LogP contribution in [-0.2, 0) is 65.4 Å². The number of hydrogen-bond donors (Lipinski definition) is 3. The van der Waals surface area contributed by atoms with Crippen LogP contribution in [0.5, 0.6) is 0 Å². The Labute approximate surface area is 562 Å². The molecular weight excluding hydrogens is 1210 g/mol. The van der Waals surface area contributed by atoms with Gasteiger partial charge in [-0.3, -0.25) is 37.3 Å². The first-order chi connectivity index (χ1) is 44.3. The highest BCUT2D eigenvalue weighted by atomic mass is 31.2. The van der Waals surface area contributed by atoms with Crippen LogP contribution in [0.1, 0.15) is 370 Å². The predicted molar refractivity (Wildman–Crippen MR) is 372 cm³/mol. The molecule has 546 valence electrons. The van der Waals surface area contributed by atoms with Crippen LogP contribution in [0.15, 0.2) is 0 Å². The van der Waals surface area contributed by atoms with Crippen LogP contribution in [-0.4, -0.2) is 96.7 Å². The fourth-order valence-corrected chi connectivity index (χ4v) is 12.6. The Kier molecular flexibility index (Phi) is 62.4. The molecular formula is C73H142O17P2. The maximum absolute atomic E-state index is 13.1. The van der Waals surface area contributed by atoms with Crippen molar-refractivity contribution in [3.63, 3.8) is 0 Å². The van der Waals surface area contributed by atoms with Gasteiger partial charge in [-0.25, -0.2) is 9.13 Å². The van der Waals surface area contributed by atoms with Crippen LogP contribution in [0.2, 0.25) is 0 Å². The van der Waals surface area contributed by atoms with E-state index >= 15 is 0 Å². The minimum atomic E-state index is -4.95. The molecule has 0 saturated carbocycles. The summed E-state index contributed by atoms with van der Waals surface area (Å²) in [5.41, 5.74) is 0. The summed E-state index contributed by atoms with van der Waals surface area (Å²) < 4.78 is 68.3. The monoisotopic (exact) mass is 1350 g/mol. The number of phosphoric ester groups is 2. The molecule has 0 aromatic heterocycles. The Bertz CT molecular complexity index is 1800. The molecule has 19 heteroatoms. The van der Waals surface area contributed by atoms with E-state index in [1.165, 1.54) is 167 Å². The maximum atomic E-state index is 13.1. The molecule has 0 aliphatic heterocycles. The van der Waals surface area contributed by atoms with Gasteiger partial charge in [-0.15, -0.1) is 0 Å². The second kappa shape index (κ2) is 63.8.